The summed E-state index contributed by atoms with van der Waals surface area (Å²) in [5.41, 5.74) is 2.17. The first-order valence-corrected chi connectivity index (χ1v) is 13.3. The average molecular weight is 497 g/mol. The van der Waals surface area contributed by atoms with Crippen LogP contribution in [0.5, 0.6) is 0 Å². The van der Waals surface area contributed by atoms with Gasteiger partial charge in [-0.05, 0) is 38.1 Å². The first-order chi connectivity index (χ1) is 17.5. The number of esters is 1. The fourth-order valence-corrected chi connectivity index (χ4v) is 4.04. The monoisotopic (exact) mass is 496 g/mol. The SMILES string of the molecule is CN(C)C[C@@H](CC(=O)OCc1ccccc1)NC(=O)CCCCCCCCCOCc1ccccc1. The molecule has 6 nitrogen and oxygen atoms in total. The van der Waals surface area contributed by atoms with Crippen LogP contribution in [0.25, 0.3) is 0 Å². The van der Waals surface area contributed by atoms with Gasteiger partial charge >= 0.3 is 5.97 Å². The Morgan fingerprint density at radius 2 is 1.33 bits per heavy atom. The number of rotatable bonds is 19. The van der Waals surface area contributed by atoms with Gasteiger partial charge in [-0.2, -0.15) is 0 Å². The van der Waals surface area contributed by atoms with Crippen LogP contribution in [-0.2, 0) is 32.3 Å². The first kappa shape index (κ1) is 29.5. The van der Waals surface area contributed by atoms with E-state index in [1.807, 2.05) is 67.5 Å². The summed E-state index contributed by atoms with van der Waals surface area (Å²) >= 11 is 0. The van der Waals surface area contributed by atoms with E-state index in [1.54, 1.807) is 0 Å². The summed E-state index contributed by atoms with van der Waals surface area (Å²) in [5.74, 6) is -0.287. The average Bonchev–Trinajstić information content (AvgIpc) is 2.87. The van der Waals surface area contributed by atoms with Crippen molar-refractivity contribution in [1.29, 1.82) is 0 Å². The van der Waals surface area contributed by atoms with Crippen molar-refractivity contribution in [2.75, 3.05) is 27.2 Å². The third kappa shape index (κ3) is 14.6. The molecule has 0 fully saturated rings. The number of hydrogen-bond acceptors (Lipinski definition) is 5. The highest BCUT2D eigenvalue weighted by Gasteiger charge is 2.18. The summed E-state index contributed by atoms with van der Waals surface area (Å²) in [4.78, 5) is 26.7. The summed E-state index contributed by atoms with van der Waals surface area (Å²) in [5, 5.41) is 3.02. The molecule has 1 N–H and O–H groups in total. The van der Waals surface area contributed by atoms with Gasteiger partial charge in [-0.15, -0.1) is 0 Å². The Bertz CT molecular complexity index is 843. The van der Waals surface area contributed by atoms with Gasteiger partial charge in [0.1, 0.15) is 6.61 Å². The fourth-order valence-electron chi connectivity index (χ4n) is 4.04. The second-order valence-corrected chi connectivity index (χ2v) is 9.64. The van der Waals surface area contributed by atoms with Crippen molar-refractivity contribution in [3.8, 4) is 0 Å². The van der Waals surface area contributed by atoms with Crippen LogP contribution in [0.2, 0.25) is 0 Å². The van der Waals surface area contributed by atoms with E-state index < -0.39 is 0 Å². The lowest BCUT2D eigenvalue weighted by atomic mass is 10.1. The minimum absolute atomic E-state index is 0.00766. The van der Waals surface area contributed by atoms with Crippen LogP contribution in [-0.4, -0.2) is 50.1 Å². The number of amides is 1. The molecule has 6 heteroatoms. The van der Waals surface area contributed by atoms with E-state index in [0.717, 1.165) is 37.9 Å². The third-order valence-electron chi connectivity index (χ3n) is 5.91. The molecule has 0 heterocycles. The van der Waals surface area contributed by atoms with Gasteiger partial charge in [-0.1, -0.05) is 92.8 Å². The Morgan fingerprint density at radius 3 is 1.94 bits per heavy atom. The van der Waals surface area contributed by atoms with Crippen LogP contribution in [0, 0.1) is 0 Å². The molecular weight excluding hydrogens is 452 g/mol. The molecule has 0 radical (unpaired) electrons. The molecule has 0 spiro atoms. The van der Waals surface area contributed by atoms with Crippen LogP contribution in [0.1, 0.15) is 68.9 Å². The highest BCUT2D eigenvalue weighted by molar-refractivity contribution is 5.77. The standard InChI is InChI=1S/C30H44N2O4/c1-32(2)23-28(22-30(34)36-25-27-18-12-9-13-19-27)31-29(33)20-14-6-4-3-5-7-15-21-35-24-26-16-10-8-11-17-26/h8-13,16-19,28H,3-7,14-15,20-25H2,1-2H3,(H,31,33)/t28-/m1/s1. The van der Waals surface area contributed by atoms with Gasteiger partial charge in [0.05, 0.1) is 19.1 Å². The minimum atomic E-state index is -0.295. The lowest BCUT2D eigenvalue weighted by Crippen LogP contribution is -2.43. The smallest absolute Gasteiger partial charge is 0.308 e. The zero-order valence-electron chi connectivity index (χ0n) is 22.1. The number of nitrogens with one attached hydrogen (secondary N) is 1. The van der Waals surface area contributed by atoms with Crippen molar-refractivity contribution >= 4 is 11.9 Å². The molecule has 0 unspecified atom stereocenters. The van der Waals surface area contributed by atoms with Crippen molar-refractivity contribution in [3.63, 3.8) is 0 Å². The molecule has 0 aliphatic heterocycles. The van der Waals surface area contributed by atoms with Crippen molar-refractivity contribution in [2.45, 2.75) is 77.0 Å². The molecular formula is C30H44N2O4. The van der Waals surface area contributed by atoms with Crippen LogP contribution >= 0.6 is 0 Å². The van der Waals surface area contributed by atoms with Crippen molar-refractivity contribution in [1.82, 2.24) is 10.2 Å². The molecule has 0 aliphatic rings. The van der Waals surface area contributed by atoms with Crippen molar-refractivity contribution in [3.05, 3.63) is 71.8 Å². The van der Waals surface area contributed by atoms with Crippen molar-refractivity contribution in [2.24, 2.45) is 0 Å². The Kier molecular flexibility index (Phi) is 15.2. The molecule has 0 saturated carbocycles. The molecule has 2 aromatic rings. The van der Waals surface area contributed by atoms with Gasteiger partial charge in [0.2, 0.25) is 5.91 Å². The van der Waals surface area contributed by atoms with Crippen LogP contribution in [0.3, 0.4) is 0 Å². The van der Waals surface area contributed by atoms with Gasteiger partial charge in [-0.25, -0.2) is 0 Å². The maximum Gasteiger partial charge on any atom is 0.308 e. The zero-order valence-corrected chi connectivity index (χ0v) is 22.1. The second-order valence-electron chi connectivity index (χ2n) is 9.64. The van der Waals surface area contributed by atoms with Gasteiger partial charge in [0.15, 0.2) is 0 Å². The summed E-state index contributed by atoms with van der Waals surface area (Å²) in [6.45, 7) is 2.35. The van der Waals surface area contributed by atoms with Gasteiger partial charge in [0.25, 0.3) is 0 Å². The highest BCUT2D eigenvalue weighted by Crippen LogP contribution is 2.10. The number of benzene rings is 2. The second kappa shape index (κ2) is 18.6. The lowest BCUT2D eigenvalue weighted by molar-refractivity contribution is -0.145. The third-order valence-corrected chi connectivity index (χ3v) is 5.91. The van der Waals surface area contributed by atoms with E-state index in [1.165, 1.54) is 24.8 Å². The summed E-state index contributed by atoms with van der Waals surface area (Å²) in [6, 6.07) is 19.6. The number of carbonyl (C=O) groups is 2. The molecule has 0 bridgehead atoms. The first-order valence-electron chi connectivity index (χ1n) is 13.3. The largest absolute Gasteiger partial charge is 0.461 e. The molecule has 0 saturated heterocycles. The maximum atomic E-state index is 12.4. The Hall–Kier alpha value is -2.70. The maximum absolute atomic E-state index is 12.4. The Morgan fingerprint density at radius 1 is 0.778 bits per heavy atom. The molecule has 198 valence electrons. The van der Waals surface area contributed by atoms with E-state index in [0.29, 0.717) is 19.6 Å². The molecule has 1 amide bonds. The summed E-state index contributed by atoms with van der Waals surface area (Å²) in [7, 11) is 3.87. The van der Waals surface area contributed by atoms with Crippen LogP contribution in [0.4, 0.5) is 0 Å². The molecule has 2 rings (SSSR count). The lowest BCUT2D eigenvalue weighted by Gasteiger charge is -2.22. The van der Waals surface area contributed by atoms with E-state index >= 15 is 0 Å². The summed E-state index contributed by atoms with van der Waals surface area (Å²) < 4.78 is 11.1. The van der Waals surface area contributed by atoms with Crippen LogP contribution in [0.15, 0.2) is 60.7 Å². The van der Waals surface area contributed by atoms with Gasteiger partial charge in [-0.3, -0.25) is 9.59 Å². The topological polar surface area (TPSA) is 67.9 Å². The van der Waals surface area contributed by atoms with Gasteiger partial charge in [0, 0.05) is 19.6 Å². The molecule has 0 aromatic heterocycles. The van der Waals surface area contributed by atoms with Crippen LogP contribution < -0.4 is 5.32 Å². The quantitative estimate of drug-likeness (QED) is 0.205. The number of likely N-dealkylation sites (N-methyl/N-ethyl adjacent to an activating group) is 1. The minimum Gasteiger partial charge on any atom is -0.461 e. The molecule has 2 aromatic carbocycles. The molecule has 0 aliphatic carbocycles. The number of ether oxygens (including phenoxy) is 2. The predicted octanol–water partition coefficient (Wildman–Crippen LogP) is 5.50. The molecule has 1 atom stereocenters. The van der Waals surface area contributed by atoms with E-state index in [-0.39, 0.29) is 30.9 Å². The highest BCUT2D eigenvalue weighted by atomic mass is 16.5. The van der Waals surface area contributed by atoms with Gasteiger partial charge < -0.3 is 19.7 Å². The number of unbranched alkanes of at least 4 members (excludes halogenated alkanes) is 6. The van der Waals surface area contributed by atoms with E-state index in [4.69, 9.17) is 9.47 Å². The number of nitrogens with zero attached hydrogens (tertiary/aromatic N) is 1. The number of hydrogen-bond donors (Lipinski definition) is 1. The van der Waals surface area contributed by atoms with E-state index in [9.17, 15) is 9.59 Å². The van der Waals surface area contributed by atoms with Crippen molar-refractivity contribution < 1.29 is 19.1 Å². The molecule has 36 heavy (non-hydrogen) atoms. The van der Waals surface area contributed by atoms with E-state index in [2.05, 4.69) is 17.4 Å². The predicted molar refractivity (Wildman–Crippen MR) is 144 cm³/mol. The Balaban J connectivity index is 1.49. The zero-order chi connectivity index (χ0) is 25.8. The normalized spacial score (nSPS) is 11.9. The Labute approximate surface area is 217 Å². The summed E-state index contributed by atoms with van der Waals surface area (Å²) in [6.07, 6.45) is 8.41. The fraction of sp³-hybridized carbons (Fsp3) is 0.533. The number of carbonyl (C=O) groups excluding carboxylic acids is 2.